The highest BCUT2D eigenvalue weighted by Crippen LogP contribution is 2.24. The van der Waals surface area contributed by atoms with Gasteiger partial charge in [-0.2, -0.15) is 0 Å². The number of rotatable bonds is 6. The summed E-state index contributed by atoms with van der Waals surface area (Å²) in [5, 5.41) is 9.99. The van der Waals surface area contributed by atoms with E-state index < -0.39 is 16.0 Å². The zero-order chi connectivity index (χ0) is 15.6. The number of aromatic carboxylic acids is 1. The fraction of sp³-hybridized carbons (Fsp3) is 0.357. The number of aryl methyl sites for hydroxylation is 1. The minimum absolute atomic E-state index is 0.0230. The molecule has 0 unspecified atom stereocenters. The Balaban J connectivity index is 2.43. The van der Waals surface area contributed by atoms with E-state index >= 15 is 0 Å². The molecule has 2 aromatic rings. The van der Waals surface area contributed by atoms with Gasteiger partial charge in [-0.3, -0.25) is 0 Å². The summed E-state index contributed by atoms with van der Waals surface area (Å²) in [6.07, 6.45) is 0.508. The van der Waals surface area contributed by atoms with Crippen LogP contribution in [0.5, 0.6) is 0 Å². The normalized spacial score (nSPS) is 11.9. The molecule has 7 heteroatoms. The van der Waals surface area contributed by atoms with E-state index in [9.17, 15) is 18.3 Å². The molecule has 0 saturated heterocycles. The second-order valence-corrected chi connectivity index (χ2v) is 6.90. The van der Waals surface area contributed by atoms with Crippen LogP contribution in [-0.2, 0) is 16.6 Å². The second kappa shape index (κ2) is 5.87. The molecule has 1 heterocycles. The molecule has 0 aliphatic heterocycles. The molecule has 0 radical (unpaired) electrons. The molecule has 21 heavy (non-hydrogen) atoms. The molecule has 0 saturated carbocycles. The smallest absolute Gasteiger partial charge is 0.352 e. The minimum atomic E-state index is -3.39. The lowest BCUT2D eigenvalue weighted by Crippen LogP contribution is -2.26. The number of carboxylic acids is 1. The zero-order valence-electron chi connectivity index (χ0n) is 11.9. The fourth-order valence-corrected chi connectivity index (χ4v) is 3.30. The van der Waals surface area contributed by atoms with Crippen molar-refractivity contribution in [3.63, 3.8) is 0 Å². The van der Waals surface area contributed by atoms with Gasteiger partial charge in [-0.25, -0.2) is 17.9 Å². The Morgan fingerprint density at radius 3 is 2.71 bits per heavy atom. The zero-order valence-corrected chi connectivity index (χ0v) is 12.8. The topological polar surface area (TPSA) is 99.3 Å². The standard InChI is InChI=1S/C14H18N2O4S/c1-3-6-21(19,20)15-8-11-10-7-9(2)4-5-12(10)16-13(11)14(17)18/h4-5,7,15-16H,3,6,8H2,1-2H3,(H,17,18). The van der Waals surface area contributed by atoms with Gasteiger partial charge in [0.15, 0.2) is 0 Å². The first-order valence-corrected chi connectivity index (χ1v) is 8.31. The van der Waals surface area contributed by atoms with E-state index in [1.54, 1.807) is 13.0 Å². The Kier molecular flexibility index (Phi) is 4.34. The van der Waals surface area contributed by atoms with E-state index in [1.807, 2.05) is 19.1 Å². The van der Waals surface area contributed by atoms with Crippen molar-refractivity contribution in [3.05, 3.63) is 35.0 Å². The van der Waals surface area contributed by atoms with Gasteiger partial charge in [0.05, 0.1) is 5.75 Å². The summed E-state index contributed by atoms with van der Waals surface area (Å²) in [5.74, 6) is -1.08. The quantitative estimate of drug-likeness (QED) is 0.760. The van der Waals surface area contributed by atoms with Gasteiger partial charge in [0, 0.05) is 23.0 Å². The van der Waals surface area contributed by atoms with Crippen molar-refractivity contribution in [1.82, 2.24) is 9.71 Å². The van der Waals surface area contributed by atoms with Crippen molar-refractivity contribution in [1.29, 1.82) is 0 Å². The average Bonchev–Trinajstić information content (AvgIpc) is 2.74. The number of aromatic nitrogens is 1. The predicted octanol–water partition coefficient (Wildman–Crippen LogP) is 2.00. The highest BCUT2D eigenvalue weighted by atomic mass is 32.2. The summed E-state index contributed by atoms with van der Waals surface area (Å²) in [5.41, 5.74) is 2.15. The number of fused-ring (bicyclic) bond motifs is 1. The summed E-state index contributed by atoms with van der Waals surface area (Å²) in [6, 6.07) is 5.51. The second-order valence-electron chi connectivity index (χ2n) is 4.97. The maximum Gasteiger partial charge on any atom is 0.352 e. The van der Waals surface area contributed by atoms with Crippen LogP contribution in [0.4, 0.5) is 0 Å². The SMILES string of the molecule is CCCS(=O)(=O)NCc1c(C(=O)O)[nH]c2ccc(C)cc12. The van der Waals surface area contributed by atoms with Gasteiger partial charge in [0.1, 0.15) is 5.69 Å². The summed E-state index contributed by atoms with van der Waals surface area (Å²) >= 11 is 0. The first kappa shape index (κ1) is 15.5. The van der Waals surface area contributed by atoms with Crippen LogP contribution in [-0.4, -0.2) is 30.2 Å². The molecule has 3 N–H and O–H groups in total. The molecule has 0 bridgehead atoms. The third-order valence-electron chi connectivity index (χ3n) is 3.22. The number of sulfonamides is 1. The Bertz CT molecular complexity index is 778. The largest absolute Gasteiger partial charge is 0.477 e. The van der Waals surface area contributed by atoms with Crippen LogP contribution >= 0.6 is 0 Å². The summed E-state index contributed by atoms with van der Waals surface area (Å²) in [7, 11) is -3.39. The van der Waals surface area contributed by atoms with Crippen molar-refractivity contribution in [2.75, 3.05) is 5.75 Å². The van der Waals surface area contributed by atoms with Gasteiger partial charge in [-0.1, -0.05) is 18.6 Å². The van der Waals surface area contributed by atoms with E-state index in [4.69, 9.17) is 0 Å². The number of carboxylic acid groups (broad SMARTS) is 1. The van der Waals surface area contributed by atoms with Crippen molar-refractivity contribution in [3.8, 4) is 0 Å². The molecule has 0 aliphatic rings. The number of hydrogen-bond acceptors (Lipinski definition) is 3. The Morgan fingerprint density at radius 2 is 2.10 bits per heavy atom. The molecule has 0 atom stereocenters. The van der Waals surface area contributed by atoms with Crippen molar-refractivity contribution >= 4 is 26.9 Å². The van der Waals surface area contributed by atoms with Gasteiger partial charge in [-0.05, 0) is 25.5 Å². The highest BCUT2D eigenvalue weighted by molar-refractivity contribution is 7.89. The number of benzene rings is 1. The Hall–Kier alpha value is -1.86. The summed E-state index contributed by atoms with van der Waals surface area (Å²) in [4.78, 5) is 14.1. The molecule has 114 valence electrons. The van der Waals surface area contributed by atoms with Gasteiger partial charge < -0.3 is 10.1 Å². The van der Waals surface area contributed by atoms with Crippen LogP contribution in [0.3, 0.4) is 0 Å². The van der Waals surface area contributed by atoms with E-state index in [0.717, 1.165) is 10.9 Å². The number of nitrogens with one attached hydrogen (secondary N) is 2. The number of H-pyrrole nitrogens is 1. The number of hydrogen-bond donors (Lipinski definition) is 3. The van der Waals surface area contributed by atoms with E-state index in [0.29, 0.717) is 17.5 Å². The molecule has 0 aliphatic carbocycles. The van der Waals surface area contributed by atoms with Gasteiger partial charge in [0.25, 0.3) is 0 Å². The molecule has 1 aromatic heterocycles. The third kappa shape index (κ3) is 3.43. The fourth-order valence-electron chi connectivity index (χ4n) is 2.25. The first-order valence-electron chi connectivity index (χ1n) is 6.66. The third-order valence-corrected chi connectivity index (χ3v) is 4.75. The molecular formula is C14H18N2O4S. The molecule has 2 rings (SSSR count). The van der Waals surface area contributed by atoms with Crippen molar-refractivity contribution in [2.45, 2.75) is 26.8 Å². The molecule has 6 nitrogen and oxygen atoms in total. The maximum absolute atomic E-state index is 11.7. The Labute approximate surface area is 123 Å². The van der Waals surface area contributed by atoms with Crippen LogP contribution in [0.1, 0.15) is 35.0 Å². The number of aromatic amines is 1. The Morgan fingerprint density at radius 1 is 1.38 bits per heavy atom. The van der Waals surface area contributed by atoms with Gasteiger partial charge in [0.2, 0.25) is 10.0 Å². The molecular weight excluding hydrogens is 292 g/mol. The predicted molar refractivity (Wildman–Crippen MR) is 80.9 cm³/mol. The summed E-state index contributed by atoms with van der Waals surface area (Å²) < 4.78 is 25.9. The molecule has 1 aromatic carbocycles. The van der Waals surface area contributed by atoms with E-state index in [2.05, 4.69) is 9.71 Å². The summed E-state index contributed by atoms with van der Waals surface area (Å²) in [6.45, 7) is 3.64. The number of carbonyl (C=O) groups is 1. The van der Waals surface area contributed by atoms with Crippen LogP contribution < -0.4 is 4.72 Å². The maximum atomic E-state index is 11.7. The molecule has 0 spiro atoms. The molecule has 0 fully saturated rings. The minimum Gasteiger partial charge on any atom is -0.477 e. The van der Waals surface area contributed by atoms with Crippen LogP contribution in [0.2, 0.25) is 0 Å². The first-order chi connectivity index (χ1) is 9.84. The average molecular weight is 310 g/mol. The monoisotopic (exact) mass is 310 g/mol. The lowest BCUT2D eigenvalue weighted by molar-refractivity contribution is 0.0690. The van der Waals surface area contributed by atoms with E-state index in [1.165, 1.54) is 0 Å². The van der Waals surface area contributed by atoms with Gasteiger partial charge >= 0.3 is 5.97 Å². The van der Waals surface area contributed by atoms with Gasteiger partial charge in [-0.15, -0.1) is 0 Å². The van der Waals surface area contributed by atoms with Crippen LogP contribution in [0, 0.1) is 6.92 Å². The van der Waals surface area contributed by atoms with Crippen molar-refractivity contribution < 1.29 is 18.3 Å². The van der Waals surface area contributed by atoms with Crippen molar-refractivity contribution in [2.24, 2.45) is 0 Å². The lowest BCUT2D eigenvalue weighted by atomic mass is 10.1. The van der Waals surface area contributed by atoms with Crippen LogP contribution in [0.15, 0.2) is 18.2 Å². The lowest BCUT2D eigenvalue weighted by Gasteiger charge is -2.06. The highest BCUT2D eigenvalue weighted by Gasteiger charge is 2.19. The van der Waals surface area contributed by atoms with E-state index in [-0.39, 0.29) is 18.0 Å². The van der Waals surface area contributed by atoms with Crippen LogP contribution in [0.25, 0.3) is 10.9 Å². The molecule has 0 amide bonds.